The zero-order valence-corrected chi connectivity index (χ0v) is 16.7. The second-order valence-electron chi connectivity index (χ2n) is 7.10. The molecule has 2 N–H and O–H groups in total. The Bertz CT molecular complexity index is 422. The maximum atomic E-state index is 4.50. The second kappa shape index (κ2) is 14.9. The zero-order chi connectivity index (χ0) is 18.2. The minimum atomic E-state index is 0.728. The molecule has 0 amide bonds. The summed E-state index contributed by atoms with van der Waals surface area (Å²) in [5, 5.41) is 6.66. The first-order chi connectivity index (χ1) is 12.2. The lowest BCUT2D eigenvalue weighted by molar-refractivity contribution is 0.425. The van der Waals surface area contributed by atoms with Crippen molar-refractivity contribution in [2.45, 2.75) is 71.1 Å². The van der Waals surface area contributed by atoms with Crippen LogP contribution in [0.4, 0.5) is 11.8 Å². The van der Waals surface area contributed by atoms with Crippen LogP contribution in [0, 0.1) is 0 Å². The Labute approximate surface area is 155 Å². The van der Waals surface area contributed by atoms with Gasteiger partial charge in [0.15, 0.2) is 0 Å². The van der Waals surface area contributed by atoms with E-state index >= 15 is 0 Å². The van der Waals surface area contributed by atoms with Crippen LogP contribution in [0.5, 0.6) is 0 Å². The van der Waals surface area contributed by atoms with E-state index in [1.165, 1.54) is 64.2 Å². The van der Waals surface area contributed by atoms with Gasteiger partial charge in [-0.1, -0.05) is 64.7 Å². The summed E-state index contributed by atoms with van der Waals surface area (Å²) in [5.41, 5.74) is 0. The molecule has 0 saturated carbocycles. The zero-order valence-electron chi connectivity index (χ0n) is 16.7. The summed E-state index contributed by atoms with van der Waals surface area (Å²) >= 11 is 0. The number of rotatable bonds is 16. The average Bonchev–Trinajstić information content (AvgIpc) is 2.60. The maximum Gasteiger partial charge on any atom is 0.224 e. The number of hydrogen-bond acceptors (Lipinski definition) is 5. The van der Waals surface area contributed by atoms with Gasteiger partial charge in [0.05, 0.1) is 0 Å². The van der Waals surface area contributed by atoms with Crippen LogP contribution in [0.1, 0.15) is 71.1 Å². The Morgan fingerprint density at radius 1 is 0.840 bits per heavy atom. The van der Waals surface area contributed by atoms with Gasteiger partial charge in [-0.25, -0.2) is 4.98 Å². The molecule has 25 heavy (non-hydrogen) atoms. The van der Waals surface area contributed by atoms with Crippen molar-refractivity contribution in [2.24, 2.45) is 0 Å². The van der Waals surface area contributed by atoms with E-state index in [2.05, 4.69) is 46.5 Å². The standard InChI is InChI=1S/C20H39N5/c1-4-5-6-7-8-9-10-11-12-13-15-22-20-23-16-14-19(24-20)21-17-18-25(2)3/h14,16H,4-13,15,17-18H2,1-3H3,(H2,21,22,23,24). The van der Waals surface area contributed by atoms with Crippen LogP contribution in [-0.2, 0) is 0 Å². The highest BCUT2D eigenvalue weighted by Gasteiger charge is 1.99. The minimum Gasteiger partial charge on any atom is -0.369 e. The highest BCUT2D eigenvalue weighted by molar-refractivity contribution is 5.39. The van der Waals surface area contributed by atoms with E-state index in [-0.39, 0.29) is 0 Å². The number of likely N-dealkylation sites (N-methyl/N-ethyl adjacent to an activating group) is 1. The van der Waals surface area contributed by atoms with Gasteiger partial charge in [0.1, 0.15) is 5.82 Å². The summed E-state index contributed by atoms with van der Waals surface area (Å²) < 4.78 is 0. The average molecular weight is 350 g/mol. The molecule has 0 aliphatic heterocycles. The Morgan fingerprint density at radius 3 is 2.12 bits per heavy atom. The Kier molecular flexibility index (Phi) is 13.0. The normalized spacial score (nSPS) is 11.0. The van der Waals surface area contributed by atoms with Crippen LogP contribution in [0.25, 0.3) is 0 Å². The molecule has 0 bridgehead atoms. The summed E-state index contributed by atoms with van der Waals surface area (Å²) in [5.74, 6) is 1.62. The van der Waals surface area contributed by atoms with E-state index in [1.807, 2.05) is 12.3 Å². The van der Waals surface area contributed by atoms with Crippen LogP contribution >= 0.6 is 0 Å². The van der Waals surface area contributed by atoms with Gasteiger partial charge in [-0.05, 0) is 26.6 Å². The molecule has 0 fully saturated rings. The fourth-order valence-corrected chi connectivity index (χ4v) is 2.76. The molecule has 1 aromatic rings. The summed E-state index contributed by atoms with van der Waals surface area (Å²) in [6.45, 7) is 5.11. The largest absolute Gasteiger partial charge is 0.369 e. The summed E-state index contributed by atoms with van der Waals surface area (Å²) in [4.78, 5) is 10.9. The molecule has 0 radical (unpaired) electrons. The molecule has 0 spiro atoms. The third-order valence-corrected chi connectivity index (χ3v) is 4.33. The van der Waals surface area contributed by atoms with Crippen molar-refractivity contribution in [3.05, 3.63) is 12.3 Å². The molecule has 5 nitrogen and oxygen atoms in total. The van der Waals surface area contributed by atoms with Crippen LogP contribution in [0.3, 0.4) is 0 Å². The van der Waals surface area contributed by atoms with Crippen molar-refractivity contribution in [1.82, 2.24) is 14.9 Å². The Balaban J connectivity index is 2.00. The van der Waals surface area contributed by atoms with Crippen molar-refractivity contribution in [3.8, 4) is 0 Å². The predicted molar refractivity (Wildman–Crippen MR) is 109 cm³/mol. The molecule has 5 heteroatoms. The monoisotopic (exact) mass is 349 g/mol. The Morgan fingerprint density at radius 2 is 1.48 bits per heavy atom. The first-order valence-electron chi connectivity index (χ1n) is 10.2. The molecule has 0 unspecified atom stereocenters. The number of nitrogens with zero attached hydrogens (tertiary/aromatic N) is 3. The number of unbranched alkanes of at least 4 members (excludes halogenated alkanes) is 9. The van der Waals surface area contributed by atoms with Gasteiger partial charge in [0, 0.05) is 25.8 Å². The minimum absolute atomic E-state index is 0.728. The molecular weight excluding hydrogens is 310 g/mol. The lowest BCUT2D eigenvalue weighted by Gasteiger charge is -2.11. The molecule has 144 valence electrons. The summed E-state index contributed by atoms with van der Waals surface area (Å²) in [6, 6.07) is 1.92. The molecule has 1 aromatic heterocycles. The van der Waals surface area contributed by atoms with Gasteiger partial charge in [-0.2, -0.15) is 4.98 Å². The highest BCUT2D eigenvalue weighted by Crippen LogP contribution is 2.11. The highest BCUT2D eigenvalue weighted by atomic mass is 15.1. The lowest BCUT2D eigenvalue weighted by atomic mass is 10.1. The van der Waals surface area contributed by atoms with E-state index in [1.54, 1.807) is 0 Å². The number of anilines is 2. The molecule has 1 heterocycles. The second-order valence-corrected chi connectivity index (χ2v) is 7.10. The summed E-state index contributed by atoms with van der Waals surface area (Å²) in [7, 11) is 4.14. The van der Waals surface area contributed by atoms with Crippen molar-refractivity contribution in [1.29, 1.82) is 0 Å². The third kappa shape index (κ3) is 12.6. The third-order valence-electron chi connectivity index (χ3n) is 4.33. The van der Waals surface area contributed by atoms with E-state index in [9.17, 15) is 0 Å². The molecule has 1 rings (SSSR count). The van der Waals surface area contributed by atoms with Crippen molar-refractivity contribution < 1.29 is 0 Å². The van der Waals surface area contributed by atoms with Crippen molar-refractivity contribution >= 4 is 11.8 Å². The van der Waals surface area contributed by atoms with Gasteiger partial charge in [0.25, 0.3) is 0 Å². The van der Waals surface area contributed by atoms with Gasteiger partial charge in [-0.15, -0.1) is 0 Å². The van der Waals surface area contributed by atoms with Gasteiger partial charge in [-0.3, -0.25) is 0 Å². The number of hydrogen-bond donors (Lipinski definition) is 2. The first-order valence-corrected chi connectivity index (χ1v) is 10.2. The van der Waals surface area contributed by atoms with E-state index < -0.39 is 0 Å². The smallest absolute Gasteiger partial charge is 0.224 e. The number of aromatic nitrogens is 2. The van der Waals surface area contributed by atoms with Crippen LogP contribution < -0.4 is 10.6 Å². The quantitative estimate of drug-likeness (QED) is 0.421. The maximum absolute atomic E-state index is 4.50. The van der Waals surface area contributed by atoms with Gasteiger partial charge < -0.3 is 15.5 Å². The fourth-order valence-electron chi connectivity index (χ4n) is 2.76. The summed E-state index contributed by atoms with van der Waals surface area (Å²) in [6.07, 6.45) is 15.4. The predicted octanol–water partition coefficient (Wildman–Crippen LogP) is 4.78. The molecule has 0 atom stereocenters. The van der Waals surface area contributed by atoms with Gasteiger partial charge >= 0.3 is 0 Å². The van der Waals surface area contributed by atoms with Crippen LogP contribution in [-0.4, -0.2) is 48.6 Å². The van der Waals surface area contributed by atoms with Gasteiger partial charge in [0.2, 0.25) is 5.95 Å². The first kappa shape index (κ1) is 21.7. The molecule has 0 aromatic carbocycles. The number of nitrogens with one attached hydrogen (secondary N) is 2. The van der Waals surface area contributed by atoms with E-state index in [0.717, 1.165) is 31.4 Å². The van der Waals surface area contributed by atoms with Crippen molar-refractivity contribution in [2.75, 3.05) is 44.4 Å². The lowest BCUT2D eigenvalue weighted by Crippen LogP contribution is -2.21. The van der Waals surface area contributed by atoms with Crippen molar-refractivity contribution in [3.63, 3.8) is 0 Å². The molecule has 0 saturated heterocycles. The Hall–Kier alpha value is -1.36. The molecule has 0 aliphatic carbocycles. The SMILES string of the molecule is CCCCCCCCCCCCNc1nccc(NCCN(C)C)n1. The topological polar surface area (TPSA) is 53.1 Å². The fraction of sp³-hybridized carbons (Fsp3) is 0.800. The van der Waals surface area contributed by atoms with E-state index in [4.69, 9.17) is 0 Å². The molecular formula is C20H39N5. The van der Waals surface area contributed by atoms with Crippen LogP contribution in [0.2, 0.25) is 0 Å². The van der Waals surface area contributed by atoms with E-state index in [0.29, 0.717) is 0 Å². The molecule has 0 aliphatic rings. The van der Waals surface area contributed by atoms with Crippen LogP contribution in [0.15, 0.2) is 12.3 Å².